The van der Waals surface area contributed by atoms with Crippen molar-refractivity contribution in [3.8, 4) is 0 Å². The van der Waals surface area contributed by atoms with E-state index in [2.05, 4.69) is 5.32 Å². The number of aliphatic carboxylic acids is 1. The van der Waals surface area contributed by atoms with E-state index in [1.54, 1.807) is 6.92 Å². The topological polar surface area (TPSA) is 111 Å². The van der Waals surface area contributed by atoms with Crippen LogP contribution in [-0.4, -0.2) is 56.0 Å². The number of carbonyl (C=O) groups excluding carboxylic acids is 1. The first-order valence-corrected chi connectivity index (χ1v) is 5.37. The van der Waals surface area contributed by atoms with Gasteiger partial charge in [-0.3, -0.25) is 4.79 Å². The van der Waals surface area contributed by atoms with E-state index in [1.165, 1.54) is 7.11 Å². The summed E-state index contributed by atoms with van der Waals surface area (Å²) in [6.07, 6.45) is -0.352. The molecule has 0 aliphatic carbocycles. The Morgan fingerprint density at radius 3 is 2.53 bits per heavy atom. The molecule has 0 saturated carbocycles. The fraction of sp³-hybridized carbons (Fsp3) is 0.800. The van der Waals surface area contributed by atoms with Crippen molar-refractivity contribution in [3.05, 3.63) is 0 Å². The molecular formula is C10H20N2O5. The van der Waals surface area contributed by atoms with Crippen LogP contribution in [0.1, 0.15) is 13.3 Å². The Balaban J connectivity index is 4.16. The zero-order valence-corrected chi connectivity index (χ0v) is 10.1. The number of amides is 1. The highest BCUT2D eigenvalue weighted by Gasteiger charge is 2.21. The molecule has 0 aliphatic heterocycles. The summed E-state index contributed by atoms with van der Waals surface area (Å²) < 4.78 is 9.89. The number of carboxylic acid groups (broad SMARTS) is 1. The number of nitrogens with two attached hydrogens (primary N) is 1. The van der Waals surface area contributed by atoms with Gasteiger partial charge in [0.2, 0.25) is 5.91 Å². The van der Waals surface area contributed by atoms with Crippen LogP contribution in [0.2, 0.25) is 0 Å². The average Bonchev–Trinajstić information content (AvgIpc) is 2.27. The van der Waals surface area contributed by atoms with Crippen LogP contribution in [0.15, 0.2) is 0 Å². The molecule has 0 heterocycles. The molecule has 4 N–H and O–H groups in total. The normalized spacial score (nSPS) is 14.1. The van der Waals surface area contributed by atoms with E-state index in [1.807, 2.05) is 0 Å². The van der Waals surface area contributed by atoms with Gasteiger partial charge in [-0.25, -0.2) is 4.79 Å². The maximum absolute atomic E-state index is 11.5. The largest absolute Gasteiger partial charge is 0.480 e. The highest BCUT2D eigenvalue weighted by molar-refractivity contribution is 5.83. The fourth-order valence-corrected chi connectivity index (χ4v) is 1.25. The summed E-state index contributed by atoms with van der Waals surface area (Å²) in [4.78, 5) is 22.3. The Labute approximate surface area is 100 Å². The molecule has 100 valence electrons. The molecule has 0 fully saturated rings. The van der Waals surface area contributed by atoms with Gasteiger partial charge in [-0.15, -0.1) is 0 Å². The van der Waals surface area contributed by atoms with Crippen LogP contribution < -0.4 is 11.1 Å². The second-order valence-electron chi connectivity index (χ2n) is 3.43. The van der Waals surface area contributed by atoms with Crippen molar-refractivity contribution in [2.24, 2.45) is 5.73 Å². The van der Waals surface area contributed by atoms with E-state index in [0.717, 1.165) is 0 Å². The zero-order valence-electron chi connectivity index (χ0n) is 10.1. The van der Waals surface area contributed by atoms with Gasteiger partial charge >= 0.3 is 5.97 Å². The summed E-state index contributed by atoms with van der Waals surface area (Å²) in [5.74, 6) is -1.56. The summed E-state index contributed by atoms with van der Waals surface area (Å²) >= 11 is 0. The van der Waals surface area contributed by atoms with Gasteiger partial charge in [0, 0.05) is 20.3 Å². The molecule has 0 aliphatic rings. The second kappa shape index (κ2) is 8.91. The number of carbonyl (C=O) groups is 2. The van der Waals surface area contributed by atoms with Crippen LogP contribution in [0.4, 0.5) is 0 Å². The monoisotopic (exact) mass is 248 g/mol. The molecule has 2 unspecified atom stereocenters. The van der Waals surface area contributed by atoms with E-state index in [9.17, 15) is 9.59 Å². The van der Waals surface area contributed by atoms with Crippen LogP contribution >= 0.6 is 0 Å². The molecule has 7 nitrogen and oxygen atoms in total. The third-order valence-electron chi connectivity index (χ3n) is 2.04. The molecule has 0 aromatic heterocycles. The SMILES string of the molecule is CCOC(CN)CC(=O)NC(COC)C(=O)O. The van der Waals surface area contributed by atoms with Gasteiger partial charge in [0.25, 0.3) is 0 Å². The Morgan fingerprint density at radius 2 is 2.12 bits per heavy atom. The molecule has 1 amide bonds. The molecule has 0 bridgehead atoms. The molecule has 0 spiro atoms. The third-order valence-corrected chi connectivity index (χ3v) is 2.04. The highest BCUT2D eigenvalue weighted by Crippen LogP contribution is 1.98. The van der Waals surface area contributed by atoms with E-state index in [4.69, 9.17) is 20.3 Å². The molecule has 0 rings (SSSR count). The van der Waals surface area contributed by atoms with Gasteiger partial charge in [-0.2, -0.15) is 0 Å². The van der Waals surface area contributed by atoms with Crippen LogP contribution in [0, 0.1) is 0 Å². The van der Waals surface area contributed by atoms with E-state index >= 15 is 0 Å². The quantitative estimate of drug-likeness (QED) is 0.480. The fourth-order valence-electron chi connectivity index (χ4n) is 1.25. The predicted molar refractivity (Wildman–Crippen MR) is 60.5 cm³/mol. The number of hydrogen-bond donors (Lipinski definition) is 3. The van der Waals surface area contributed by atoms with Gasteiger partial charge in [0.15, 0.2) is 6.04 Å². The minimum atomic E-state index is -1.14. The lowest BCUT2D eigenvalue weighted by Crippen LogP contribution is -2.45. The lowest BCUT2D eigenvalue weighted by Gasteiger charge is -2.17. The van der Waals surface area contributed by atoms with Crippen LogP contribution in [0.25, 0.3) is 0 Å². The molecule has 2 atom stereocenters. The van der Waals surface area contributed by atoms with Crippen molar-refractivity contribution >= 4 is 11.9 Å². The van der Waals surface area contributed by atoms with Gasteiger partial charge in [-0.1, -0.05) is 0 Å². The van der Waals surface area contributed by atoms with Crippen molar-refractivity contribution in [3.63, 3.8) is 0 Å². The number of methoxy groups -OCH3 is 1. The number of carboxylic acids is 1. The summed E-state index contributed by atoms with van der Waals surface area (Å²) in [5, 5.41) is 11.1. The van der Waals surface area contributed by atoms with Crippen LogP contribution in [-0.2, 0) is 19.1 Å². The van der Waals surface area contributed by atoms with Crippen LogP contribution in [0.3, 0.4) is 0 Å². The lowest BCUT2D eigenvalue weighted by atomic mass is 10.2. The first-order valence-electron chi connectivity index (χ1n) is 5.37. The maximum atomic E-state index is 11.5. The van der Waals surface area contributed by atoms with Crippen molar-refractivity contribution < 1.29 is 24.2 Å². The predicted octanol–water partition coefficient (Wildman–Crippen LogP) is -1.04. The van der Waals surface area contributed by atoms with Crippen molar-refractivity contribution in [1.82, 2.24) is 5.32 Å². The zero-order chi connectivity index (χ0) is 13.3. The van der Waals surface area contributed by atoms with Gasteiger partial charge in [0.1, 0.15) is 0 Å². The standard InChI is InChI=1S/C10H20N2O5/c1-3-17-7(5-11)4-9(13)12-8(6-16-2)10(14)15/h7-8H,3-6,11H2,1-2H3,(H,12,13)(H,14,15). The minimum absolute atomic E-state index is 0.0395. The Kier molecular flexibility index (Phi) is 8.29. The molecule has 0 aromatic carbocycles. The number of hydrogen-bond acceptors (Lipinski definition) is 5. The first-order chi connectivity index (χ1) is 8.04. The second-order valence-corrected chi connectivity index (χ2v) is 3.43. The highest BCUT2D eigenvalue weighted by atomic mass is 16.5. The molecule has 0 radical (unpaired) electrons. The first kappa shape index (κ1) is 15.8. The van der Waals surface area contributed by atoms with E-state index < -0.39 is 24.0 Å². The summed E-state index contributed by atoms with van der Waals surface area (Å²) in [5.41, 5.74) is 5.41. The molecule has 17 heavy (non-hydrogen) atoms. The smallest absolute Gasteiger partial charge is 0.328 e. The van der Waals surface area contributed by atoms with Crippen LogP contribution in [0.5, 0.6) is 0 Å². The summed E-state index contributed by atoms with van der Waals surface area (Å²) in [7, 11) is 1.37. The lowest BCUT2D eigenvalue weighted by molar-refractivity contribution is -0.143. The summed E-state index contributed by atoms with van der Waals surface area (Å²) in [6.45, 7) is 2.38. The molecule has 0 saturated heterocycles. The number of rotatable bonds is 9. The minimum Gasteiger partial charge on any atom is -0.480 e. The van der Waals surface area contributed by atoms with Gasteiger partial charge < -0.3 is 25.6 Å². The Bertz CT molecular complexity index is 247. The Morgan fingerprint density at radius 1 is 1.47 bits per heavy atom. The maximum Gasteiger partial charge on any atom is 0.328 e. The summed E-state index contributed by atoms with van der Waals surface area (Å²) in [6, 6.07) is -1.05. The molecular weight excluding hydrogens is 228 g/mol. The Hall–Kier alpha value is -1.18. The van der Waals surface area contributed by atoms with E-state index in [-0.39, 0.29) is 19.6 Å². The van der Waals surface area contributed by atoms with Gasteiger partial charge in [-0.05, 0) is 6.92 Å². The van der Waals surface area contributed by atoms with Crippen molar-refractivity contribution in [2.75, 3.05) is 26.9 Å². The van der Waals surface area contributed by atoms with Crippen molar-refractivity contribution in [1.29, 1.82) is 0 Å². The average molecular weight is 248 g/mol. The number of ether oxygens (including phenoxy) is 2. The third kappa shape index (κ3) is 6.88. The van der Waals surface area contributed by atoms with Crippen molar-refractivity contribution in [2.45, 2.75) is 25.5 Å². The number of nitrogens with one attached hydrogen (secondary N) is 1. The van der Waals surface area contributed by atoms with Gasteiger partial charge in [0.05, 0.1) is 19.1 Å². The molecule has 7 heteroatoms. The van der Waals surface area contributed by atoms with E-state index in [0.29, 0.717) is 6.61 Å². The molecule has 0 aromatic rings.